The summed E-state index contributed by atoms with van der Waals surface area (Å²) in [5.74, 6) is 0.843. The van der Waals surface area contributed by atoms with Crippen LogP contribution < -0.4 is 10.6 Å². The summed E-state index contributed by atoms with van der Waals surface area (Å²) in [6.07, 6.45) is 10.2. The largest absolute Gasteiger partial charge is 0.378 e. The van der Waals surface area contributed by atoms with E-state index in [9.17, 15) is 9.18 Å². The van der Waals surface area contributed by atoms with Gasteiger partial charge in [-0.25, -0.2) is 9.37 Å². The Morgan fingerprint density at radius 2 is 1.80 bits per heavy atom. The minimum absolute atomic E-state index is 0.0734. The van der Waals surface area contributed by atoms with E-state index in [0.717, 1.165) is 41.3 Å². The number of amides is 1. The summed E-state index contributed by atoms with van der Waals surface area (Å²) in [6, 6.07) is 14.5. The van der Waals surface area contributed by atoms with Crippen molar-refractivity contribution in [1.82, 2.24) is 24.7 Å². The fraction of sp³-hybridized carbons (Fsp3) is 0.486. The van der Waals surface area contributed by atoms with E-state index in [0.29, 0.717) is 25.3 Å². The van der Waals surface area contributed by atoms with Crippen LogP contribution in [0.3, 0.4) is 0 Å². The minimum Gasteiger partial charge on any atom is -0.378 e. The molecule has 2 aliphatic heterocycles. The molecular formula is C35H49FN6O2. The van der Waals surface area contributed by atoms with Crippen LogP contribution in [0.25, 0.3) is 17.5 Å². The quantitative estimate of drug-likeness (QED) is 0.244. The number of ether oxygens (including phenoxy) is 1. The molecule has 44 heavy (non-hydrogen) atoms. The molecule has 1 fully saturated rings. The molecule has 1 atom stereocenters. The van der Waals surface area contributed by atoms with Crippen molar-refractivity contribution in [3.8, 4) is 11.3 Å². The summed E-state index contributed by atoms with van der Waals surface area (Å²) in [6.45, 7) is 12.2. The van der Waals surface area contributed by atoms with Crippen molar-refractivity contribution in [2.75, 3.05) is 51.8 Å². The normalized spacial score (nSPS) is 16.3. The fourth-order valence-corrected chi connectivity index (χ4v) is 5.44. The Morgan fingerprint density at radius 1 is 1.07 bits per heavy atom. The van der Waals surface area contributed by atoms with E-state index in [-0.39, 0.29) is 12.1 Å². The molecule has 5 rings (SSSR count). The van der Waals surface area contributed by atoms with E-state index in [1.54, 1.807) is 0 Å². The van der Waals surface area contributed by atoms with Crippen LogP contribution in [-0.2, 0) is 11.2 Å². The number of fused-ring (bicyclic) bond motifs is 1. The Kier molecular flexibility index (Phi) is 12.4. The highest BCUT2D eigenvalue weighted by molar-refractivity contribution is 5.96. The van der Waals surface area contributed by atoms with Gasteiger partial charge in [-0.2, -0.15) is 0 Å². The lowest BCUT2D eigenvalue weighted by molar-refractivity contribution is 0.0856. The second-order valence-corrected chi connectivity index (χ2v) is 11.7. The zero-order valence-corrected chi connectivity index (χ0v) is 27.0. The number of carbonyl (C=O) groups is 1. The van der Waals surface area contributed by atoms with Gasteiger partial charge in [-0.15, -0.1) is 0 Å². The van der Waals surface area contributed by atoms with Gasteiger partial charge in [-0.05, 0) is 82.4 Å². The number of benzene rings is 2. The van der Waals surface area contributed by atoms with Gasteiger partial charge in [0.25, 0.3) is 5.91 Å². The number of piperidine rings is 1. The Labute approximate surface area is 262 Å². The average Bonchev–Trinajstić information content (AvgIpc) is 3.45. The number of carbonyl (C=O) groups excluding carboxylic acids is 1. The first-order valence-electron chi connectivity index (χ1n) is 15.9. The Bertz CT molecular complexity index is 1360. The summed E-state index contributed by atoms with van der Waals surface area (Å²) >= 11 is 0. The van der Waals surface area contributed by atoms with E-state index < -0.39 is 6.17 Å². The standard InChI is InChI=1S/C32H42N6O2.C3H7F/c1-4-25-8-10-26(11-9-25)29-23-34-30-31(36(3)17-18-38(29)30)35-27-12-13-28(24(2)22-27)32(39)33-14-20-40-21-19-37-15-6-5-7-16-37;1-3(2)4/h8-13,17-18,22-23,31,35H,4-7,14-16,19-21H2,1-3H3,(H,33,39);3H,1-2H3. The van der Waals surface area contributed by atoms with Crippen molar-refractivity contribution in [3.05, 3.63) is 77.4 Å². The van der Waals surface area contributed by atoms with E-state index in [1.807, 2.05) is 38.4 Å². The van der Waals surface area contributed by atoms with Gasteiger partial charge in [-0.3, -0.25) is 9.36 Å². The zero-order valence-electron chi connectivity index (χ0n) is 27.0. The molecule has 0 radical (unpaired) electrons. The molecule has 2 N–H and O–H groups in total. The van der Waals surface area contributed by atoms with Crippen LogP contribution >= 0.6 is 0 Å². The maximum Gasteiger partial charge on any atom is 0.251 e. The number of aromatic nitrogens is 2. The number of nitrogens with one attached hydrogen (secondary N) is 2. The molecule has 1 amide bonds. The number of anilines is 1. The molecule has 2 aliphatic rings. The summed E-state index contributed by atoms with van der Waals surface area (Å²) in [4.78, 5) is 22.2. The predicted octanol–water partition coefficient (Wildman–Crippen LogP) is 6.50. The first kappa shape index (κ1) is 33.2. The number of nitrogens with zero attached hydrogens (tertiary/aromatic N) is 4. The van der Waals surface area contributed by atoms with Crippen LogP contribution in [0.15, 0.2) is 54.9 Å². The first-order valence-corrected chi connectivity index (χ1v) is 15.9. The summed E-state index contributed by atoms with van der Waals surface area (Å²) in [7, 11) is 2.03. The summed E-state index contributed by atoms with van der Waals surface area (Å²) in [5.41, 5.74) is 6.05. The number of hydrogen-bond donors (Lipinski definition) is 2. The molecule has 8 nitrogen and oxygen atoms in total. The average molecular weight is 605 g/mol. The highest BCUT2D eigenvalue weighted by Crippen LogP contribution is 2.31. The maximum atomic E-state index is 12.8. The molecule has 1 saturated heterocycles. The molecular weight excluding hydrogens is 555 g/mol. The number of aryl methyl sites for hydroxylation is 2. The van der Waals surface area contributed by atoms with Gasteiger partial charge in [0.05, 0.1) is 31.3 Å². The third kappa shape index (κ3) is 9.16. The lowest BCUT2D eigenvalue weighted by Crippen LogP contribution is -2.33. The van der Waals surface area contributed by atoms with Gasteiger partial charge >= 0.3 is 0 Å². The van der Waals surface area contributed by atoms with Crippen molar-refractivity contribution in [3.63, 3.8) is 0 Å². The fourth-order valence-electron chi connectivity index (χ4n) is 5.44. The molecule has 0 spiro atoms. The summed E-state index contributed by atoms with van der Waals surface area (Å²) in [5, 5.41) is 6.60. The molecule has 3 aromatic rings. The van der Waals surface area contributed by atoms with Crippen molar-refractivity contribution in [2.45, 2.75) is 65.7 Å². The van der Waals surface area contributed by atoms with Crippen LogP contribution in [0.1, 0.15) is 73.5 Å². The SMILES string of the molecule is CC(C)F.CCc1ccc(-c2cnc3n2C=CN(C)C3Nc2ccc(C(=O)NCCOCCN3CCCCC3)c(C)c2)cc1. The third-order valence-corrected chi connectivity index (χ3v) is 7.89. The smallest absolute Gasteiger partial charge is 0.251 e. The lowest BCUT2D eigenvalue weighted by atomic mass is 10.1. The van der Waals surface area contributed by atoms with Crippen LogP contribution in [-0.4, -0.2) is 77.9 Å². The lowest BCUT2D eigenvalue weighted by Gasteiger charge is -2.31. The molecule has 0 aliphatic carbocycles. The number of alkyl halides is 1. The van der Waals surface area contributed by atoms with Gasteiger partial charge in [0.2, 0.25) is 0 Å². The van der Waals surface area contributed by atoms with Crippen LogP contribution in [0.5, 0.6) is 0 Å². The number of imidazole rings is 1. The van der Waals surface area contributed by atoms with Crippen molar-refractivity contribution in [1.29, 1.82) is 0 Å². The highest BCUT2D eigenvalue weighted by atomic mass is 19.1. The molecule has 0 bridgehead atoms. The second kappa shape index (κ2) is 16.4. The second-order valence-electron chi connectivity index (χ2n) is 11.7. The zero-order chi connectivity index (χ0) is 31.5. The number of halogens is 1. The number of hydrogen-bond acceptors (Lipinski definition) is 6. The van der Waals surface area contributed by atoms with E-state index in [1.165, 1.54) is 51.8 Å². The number of likely N-dealkylation sites (tertiary alicyclic amines) is 1. The molecule has 238 valence electrons. The van der Waals surface area contributed by atoms with Crippen molar-refractivity contribution < 1.29 is 13.9 Å². The van der Waals surface area contributed by atoms with Crippen LogP contribution in [0, 0.1) is 6.92 Å². The first-order chi connectivity index (χ1) is 21.3. The van der Waals surface area contributed by atoms with Gasteiger partial charge < -0.3 is 25.2 Å². The molecule has 1 unspecified atom stereocenters. The van der Waals surface area contributed by atoms with Crippen LogP contribution in [0.2, 0.25) is 0 Å². The molecule has 1 aromatic heterocycles. The van der Waals surface area contributed by atoms with Crippen molar-refractivity contribution >= 4 is 17.8 Å². The molecule has 0 saturated carbocycles. The van der Waals surface area contributed by atoms with E-state index >= 15 is 0 Å². The number of rotatable bonds is 11. The van der Waals surface area contributed by atoms with E-state index in [4.69, 9.17) is 9.72 Å². The Hall–Kier alpha value is -3.69. The van der Waals surface area contributed by atoms with Gasteiger partial charge in [-0.1, -0.05) is 37.6 Å². The Morgan fingerprint density at radius 3 is 2.48 bits per heavy atom. The molecule has 3 heterocycles. The van der Waals surface area contributed by atoms with E-state index in [2.05, 4.69) is 68.6 Å². The molecule has 2 aromatic carbocycles. The van der Waals surface area contributed by atoms with Gasteiger partial charge in [0, 0.05) is 49.4 Å². The summed E-state index contributed by atoms with van der Waals surface area (Å²) < 4.78 is 18.9. The van der Waals surface area contributed by atoms with Crippen molar-refractivity contribution in [2.24, 2.45) is 0 Å². The predicted molar refractivity (Wildman–Crippen MR) is 177 cm³/mol. The van der Waals surface area contributed by atoms with Gasteiger partial charge in [0.1, 0.15) is 0 Å². The monoisotopic (exact) mass is 604 g/mol. The highest BCUT2D eigenvalue weighted by Gasteiger charge is 2.25. The third-order valence-electron chi connectivity index (χ3n) is 7.89. The molecule has 9 heteroatoms. The Balaban J connectivity index is 0.00000104. The topological polar surface area (TPSA) is 74.7 Å². The maximum absolute atomic E-state index is 12.8. The van der Waals surface area contributed by atoms with Crippen LogP contribution in [0.4, 0.5) is 10.1 Å². The van der Waals surface area contributed by atoms with Gasteiger partial charge in [0.15, 0.2) is 12.0 Å². The minimum atomic E-state index is -0.667.